The summed E-state index contributed by atoms with van der Waals surface area (Å²) >= 11 is 0. The van der Waals surface area contributed by atoms with Crippen LogP contribution in [0.3, 0.4) is 0 Å². The number of likely N-dealkylation sites (N-methyl/N-ethyl adjacent to an activating group) is 1. The Morgan fingerprint density at radius 3 is 1.48 bits per heavy atom. The van der Waals surface area contributed by atoms with Gasteiger partial charge in [0.2, 0.25) is 0 Å². The lowest BCUT2D eigenvalue weighted by Crippen LogP contribution is -3.00. The topological polar surface area (TPSA) is 66.4 Å². The quantitative estimate of drug-likeness (QED) is 0.200. The van der Waals surface area contributed by atoms with Gasteiger partial charge in [-0.05, 0) is 0 Å². The molecule has 202 valence electrons. The summed E-state index contributed by atoms with van der Waals surface area (Å²) in [4.78, 5) is 0. The molecule has 0 aliphatic heterocycles. The Bertz CT molecular complexity index is 757. The normalized spacial score (nSPS) is 15.4. The minimum absolute atomic E-state index is 0. The highest BCUT2D eigenvalue weighted by Gasteiger charge is 2.92. The SMILES string of the molecule is C[N+](C)(CCO)CCCNS(=O)(=O)C(F)(F)C(F)(F)C(F)(F)C(F)(F)C(F)(F)C(F)(F)F.[Cl-]. The van der Waals surface area contributed by atoms with Crippen LogP contribution in [-0.2, 0) is 10.0 Å². The van der Waals surface area contributed by atoms with Gasteiger partial charge in [0.25, 0.3) is 10.0 Å². The number of hydrogen-bond donors (Lipinski definition) is 2. The molecule has 0 fully saturated rings. The largest absolute Gasteiger partial charge is 1.00 e. The van der Waals surface area contributed by atoms with E-state index in [9.17, 15) is 65.5 Å². The van der Waals surface area contributed by atoms with Crippen molar-refractivity contribution in [3.8, 4) is 0 Å². The Labute approximate surface area is 184 Å². The number of aliphatic hydroxyl groups excluding tert-OH is 1. The van der Waals surface area contributed by atoms with Crippen molar-refractivity contribution in [3.05, 3.63) is 0 Å². The standard InChI is InChI=1S/C13H18F13N2O3S.ClH/c1-28(2,6-7-29)5-3-4-27-32(30,31)13(25,26)11(20,21)9(16,17)8(14,15)10(18,19)12(22,23)24;/h27,29H,3-7H2,1-2H3;1H/q+1;/p-1. The van der Waals surface area contributed by atoms with Crippen LogP contribution in [0.4, 0.5) is 57.1 Å². The maximum atomic E-state index is 13.7. The van der Waals surface area contributed by atoms with E-state index in [1.165, 1.54) is 14.1 Å². The predicted molar refractivity (Wildman–Crippen MR) is 81.3 cm³/mol. The lowest BCUT2D eigenvalue weighted by molar-refractivity contribution is -0.890. The van der Waals surface area contributed by atoms with Crippen molar-refractivity contribution in [2.24, 2.45) is 0 Å². The third-order valence-corrected chi connectivity index (χ3v) is 5.70. The lowest BCUT2D eigenvalue weighted by atomic mass is 9.98. The van der Waals surface area contributed by atoms with Gasteiger partial charge in [-0.2, -0.15) is 57.1 Å². The smallest absolute Gasteiger partial charge is 0.460 e. The lowest BCUT2D eigenvalue weighted by Gasteiger charge is -2.39. The minimum atomic E-state index is -8.18. The predicted octanol–water partition coefficient (Wildman–Crippen LogP) is 0.0649. The van der Waals surface area contributed by atoms with Crippen LogP contribution in [0.1, 0.15) is 6.42 Å². The van der Waals surface area contributed by atoms with Gasteiger partial charge in [0.1, 0.15) is 6.54 Å². The van der Waals surface area contributed by atoms with Crippen LogP contribution in [0.2, 0.25) is 0 Å². The highest BCUT2D eigenvalue weighted by molar-refractivity contribution is 7.90. The Morgan fingerprint density at radius 2 is 1.12 bits per heavy atom. The van der Waals surface area contributed by atoms with Crippen LogP contribution in [0.15, 0.2) is 0 Å². The number of aliphatic hydroxyl groups is 1. The van der Waals surface area contributed by atoms with Crippen molar-refractivity contribution in [3.63, 3.8) is 0 Å². The van der Waals surface area contributed by atoms with Gasteiger partial charge in [0.05, 0.1) is 27.2 Å². The highest BCUT2D eigenvalue weighted by atomic mass is 35.5. The Balaban J connectivity index is 0. The van der Waals surface area contributed by atoms with E-state index in [1.54, 1.807) is 0 Å². The first-order valence-electron chi connectivity index (χ1n) is 8.15. The molecule has 0 heterocycles. The Hall–Kier alpha value is -0.790. The summed E-state index contributed by atoms with van der Waals surface area (Å²) < 4.78 is 192. The molecule has 0 saturated carbocycles. The molecule has 0 spiro atoms. The van der Waals surface area contributed by atoms with E-state index in [4.69, 9.17) is 5.11 Å². The first-order valence-corrected chi connectivity index (χ1v) is 9.63. The molecule has 0 aliphatic rings. The van der Waals surface area contributed by atoms with Crippen LogP contribution in [0, 0.1) is 0 Å². The average molecular weight is 565 g/mol. The maximum Gasteiger partial charge on any atom is 0.460 e. The zero-order valence-electron chi connectivity index (χ0n) is 16.4. The number of rotatable bonds is 12. The van der Waals surface area contributed by atoms with E-state index >= 15 is 0 Å². The van der Waals surface area contributed by atoms with Gasteiger partial charge in [0.15, 0.2) is 0 Å². The third kappa shape index (κ3) is 6.07. The number of nitrogens with zero attached hydrogens (tertiary/aromatic N) is 1. The molecule has 0 aromatic carbocycles. The molecule has 0 unspecified atom stereocenters. The van der Waals surface area contributed by atoms with Gasteiger partial charge in [-0.1, -0.05) is 0 Å². The molecule has 2 N–H and O–H groups in total. The van der Waals surface area contributed by atoms with Gasteiger partial charge in [0, 0.05) is 13.0 Å². The monoisotopic (exact) mass is 564 g/mol. The van der Waals surface area contributed by atoms with Gasteiger partial charge in [-0.3, -0.25) is 0 Å². The van der Waals surface area contributed by atoms with E-state index in [0.29, 0.717) is 4.72 Å². The molecule has 5 nitrogen and oxygen atoms in total. The van der Waals surface area contributed by atoms with Gasteiger partial charge >= 0.3 is 35.1 Å². The Morgan fingerprint density at radius 1 is 0.727 bits per heavy atom. The summed E-state index contributed by atoms with van der Waals surface area (Å²) in [5, 5.41) is 1.52. The second-order valence-electron chi connectivity index (χ2n) is 7.17. The summed E-state index contributed by atoms with van der Waals surface area (Å²) in [6.45, 7) is -1.61. The number of quaternary nitrogens is 1. The molecular formula is C13H18ClF13N2O3S. The van der Waals surface area contributed by atoms with E-state index < -0.39 is 58.1 Å². The van der Waals surface area contributed by atoms with E-state index in [2.05, 4.69) is 0 Å². The van der Waals surface area contributed by atoms with Crippen LogP contribution in [-0.4, -0.2) is 93.5 Å². The first kappa shape index (κ1) is 34.4. The van der Waals surface area contributed by atoms with E-state index in [0.717, 1.165) is 0 Å². The molecule has 33 heavy (non-hydrogen) atoms. The number of halogens is 14. The number of hydrogen-bond acceptors (Lipinski definition) is 3. The van der Waals surface area contributed by atoms with Crippen molar-refractivity contribution in [1.29, 1.82) is 0 Å². The third-order valence-electron chi connectivity index (χ3n) is 4.18. The fourth-order valence-corrected chi connectivity index (χ4v) is 3.17. The number of alkyl halides is 13. The molecule has 0 aromatic heterocycles. The molecule has 0 saturated heterocycles. The van der Waals surface area contributed by atoms with Crippen LogP contribution < -0.4 is 17.1 Å². The van der Waals surface area contributed by atoms with Crippen LogP contribution in [0.25, 0.3) is 0 Å². The molecule has 0 aliphatic carbocycles. The summed E-state index contributed by atoms with van der Waals surface area (Å²) in [6.07, 6.45) is -8.03. The summed E-state index contributed by atoms with van der Waals surface area (Å²) in [5.74, 6) is -32.2. The van der Waals surface area contributed by atoms with Crippen molar-refractivity contribution < 1.29 is 87.5 Å². The molecule has 0 rings (SSSR count). The molecule has 0 radical (unpaired) electrons. The average Bonchev–Trinajstić information content (AvgIpc) is 2.56. The molecule has 0 amide bonds. The molecule has 0 bridgehead atoms. The van der Waals surface area contributed by atoms with Gasteiger partial charge < -0.3 is 22.0 Å². The second-order valence-corrected chi connectivity index (χ2v) is 8.98. The zero-order valence-corrected chi connectivity index (χ0v) is 18.0. The molecule has 0 atom stereocenters. The van der Waals surface area contributed by atoms with E-state index in [1.807, 2.05) is 0 Å². The fourth-order valence-electron chi connectivity index (χ4n) is 2.11. The molecule has 0 aromatic rings. The summed E-state index contributed by atoms with van der Waals surface area (Å²) in [6, 6.07) is 0. The number of sulfonamides is 1. The van der Waals surface area contributed by atoms with Crippen molar-refractivity contribution >= 4 is 10.0 Å². The summed E-state index contributed by atoms with van der Waals surface area (Å²) in [5.41, 5.74) is 0. The second kappa shape index (κ2) is 10.1. The molecular weight excluding hydrogens is 547 g/mol. The van der Waals surface area contributed by atoms with Gasteiger partial charge in [-0.25, -0.2) is 13.1 Å². The number of nitrogens with one attached hydrogen (secondary N) is 1. The van der Waals surface area contributed by atoms with Crippen molar-refractivity contribution in [2.75, 3.05) is 40.3 Å². The van der Waals surface area contributed by atoms with Crippen molar-refractivity contribution in [1.82, 2.24) is 4.72 Å². The zero-order chi connectivity index (χ0) is 26.2. The first-order chi connectivity index (χ1) is 13.8. The Kier molecular flexibility index (Phi) is 10.5. The van der Waals surface area contributed by atoms with Crippen molar-refractivity contribution in [2.45, 2.75) is 41.5 Å². The highest BCUT2D eigenvalue weighted by Crippen LogP contribution is 2.60. The molecule has 20 heteroatoms. The fraction of sp³-hybridized carbons (Fsp3) is 1.00. The van der Waals surface area contributed by atoms with Crippen LogP contribution in [0.5, 0.6) is 0 Å². The summed E-state index contributed by atoms with van der Waals surface area (Å²) in [7, 11) is -4.12. The maximum absolute atomic E-state index is 13.7. The minimum Gasteiger partial charge on any atom is -1.00 e. The van der Waals surface area contributed by atoms with E-state index in [-0.39, 0.29) is 36.6 Å². The van der Waals surface area contributed by atoms with Crippen LogP contribution >= 0.6 is 0 Å². The van der Waals surface area contributed by atoms with Gasteiger partial charge in [-0.15, -0.1) is 0 Å².